The molecule has 0 atom stereocenters. The van der Waals surface area contributed by atoms with E-state index in [1.807, 2.05) is 18.5 Å². The zero-order chi connectivity index (χ0) is 31.2. The molecule has 0 saturated heterocycles. The number of nitrogens with zero attached hydrogens (tertiary/aromatic N) is 2. The molecular weight excluding hydrogens is 741 g/mol. The Labute approximate surface area is 283 Å². The SMILES string of the molecule is Cc1c[c-]c(-c2cc(C)c(C)cn2)cc1.Cc1cnc(-c2[c-]cc(C)c3c2oc2c3ccc3ccc4ccccc4c32)cc1C.[Ir]. The second kappa shape index (κ2) is 12.6. The summed E-state index contributed by atoms with van der Waals surface area (Å²) >= 11 is 0. The quantitative estimate of drug-likeness (QED) is 0.130. The van der Waals surface area contributed by atoms with Gasteiger partial charge in [-0.1, -0.05) is 96.6 Å². The first-order valence-corrected chi connectivity index (χ1v) is 15.3. The Morgan fingerprint density at radius 2 is 1.22 bits per heavy atom. The van der Waals surface area contributed by atoms with Crippen molar-refractivity contribution in [2.24, 2.45) is 0 Å². The number of hydrogen-bond acceptors (Lipinski definition) is 3. The number of furan rings is 1. The van der Waals surface area contributed by atoms with Gasteiger partial charge < -0.3 is 14.4 Å². The maximum Gasteiger partial charge on any atom is 0.129 e. The third-order valence-corrected chi connectivity index (χ3v) is 8.86. The van der Waals surface area contributed by atoms with E-state index in [2.05, 4.69) is 143 Å². The van der Waals surface area contributed by atoms with E-state index >= 15 is 0 Å². The maximum atomic E-state index is 6.64. The van der Waals surface area contributed by atoms with Crippen molar-refractivity contribution in [2.45, 2.75) is 41.5 Å². The Hall–Kier alpha value is -4.63. The molecule has 8 rings (SSSR count). The molecule has 229 valence electrons. The molecule has 0 amide bonds. The average molecular weight is 775 g/mol. The summed E-state index contributed by atoms with van der Waals surface area (Å²) < 4.78 is 6.64. The van der Waals surface area contributed by atoms with Gasteiger partial charge in [0, 0.05) is 43.3 Å². The summed E-state index contributed by atoms with van der Waals surface area (Å²) in [7, 11) is 0. The molecule has 0 aliphatic carbocycles. The standard InChI is InChI=1S/C28H20NO.C14H14N.Ir/c1-16-8-12-22(24-14-17(2)18(3)15-29-24)27-25(16)23-13-11-20-10-9-19-6-4-5-7-21(19)26(20)28(23)30-27;1-10-4-6-13(7-5-10)14-8-11(2)12(3)9-15-14;/h4-11,13-15H,1-3H3;4-6,8-9H,1-3H3;/q2*-1;. The van der Waals surface area contributed by atoms with E-state index < -0.39 is 0 Å². The summed E-state index contributed by atoms with van der Waals surface area (Å²) in [5, 5.41) is 7.08. The Balaban J connectivity index is 0.000000197. The number of benzene rings is 5. The van der Waals surface area contributed by atoms with Gasteiger partial charge in [-0.15, -0.1) is 53.1 Å². The summed E-state index contributed by atoms with van der Waals surface area (Å²) in [4.78, 5) is 9.09. The van der Waals surface area contributed by atoms with Crippen LogP contribution in [0.15, 0.2) is 102 Å². The molecule has 0 unspecified atom stereocenters. The Bertz CT molecular complexity index is 2390. The number of aryl methyl sites for hydroxylation is 6. The summed E-state index contributed by atoms with van der Waals surface area (Å²) in [6.45, 7) is 12.6. The molecule has 5 aromatic carbocycles. The summed E-state index contributed by atoms with van der Waals surface area (Å²) in [5.41, 5.74) is 13.0. The zero-order valence-electron chi connectivity index (χ0n) is 26.9. The first-order chi connectivity index (χ1) is 21.8. The van der Waals surface area contributed by atoms with E-state index in [0.29, 0.717) is 0 Å². The van der Waals surface area contributed by atoms with Gasteiger partial charge in [-0.3, -0.25) is 0 Å². The van der Waals surface area contributed by atoms with Crippen LogP contribution in [0, 0.1) is 53.7 Å². The van der Waals surface area contributed by atoms with E-state index in [9.17, 15) is 0 Å². The van der Waals surface area contributed by atoms with E-state index in [4.69, 9.17) is 4.42 Å². The minimum atomic E-state index is 0. The van der Waals surface area contributed by atoms with Crippen LogP contribution in [0.1, 0.15) is 33.4 Å². The fourth-order valence-corrected chi connectivity index (χ4v) is 5.91. The Morgan fingerprint density at radius 3 is 1.93 bits per heavy atom. The van der Waals surface area contributed by atoms with Crippen molar-refractivity contribution >= 4 is 43.5 Å². The van der Waals surface area contributed by atoms with Crippen molar-refractivity contribution in [3.8, 4) is 22.5 Å². The Morgan fingerprint density at radius 1 is 0.543 bits per heavy atom. The van der Waals surface area contributed by atoms with Crippen LogP contribution in [0.2, 0.25) is 0 Å². The Kier molecular flexibility index (Phi) is 8.61. The number of hydrogen-bond donors (Lipinski definition) is 0. The van der Waals surface area contributed by atoms with Crippen LogP contribution in [-0.4, -0.2) is 9.97 Å². The fraction of sp³-hybridized carbons (Fsp3) is 0.143. The number of pyridine rings is 2. The molecule has 4 heteroatoms. The first-order valence-electron chi connectivity index (χ1n) is 15.3. The molecule has 1 radical (unpaired) electrons. The van der Waals surface area contributed by atoms with E-state index in [1.165, 1.54) is 49.4 Å². The molecule has 0 aliphatic heterocycles. The topological polar surface area (TPSA) is 38.9 Å². The van der Waals surface area contributed by atoms with Gasteiger partial charge in [0.15, 0.2) is 0 Å². The molecule has 3 nitrogen and oxygen atoms in total. The summed E-state index contributed by atoms with van der Waals surface area (Å²) in [6.07, 6.45) is 3.84. The van der Waals surface area contributed by atoms with E-state index in [0.717, 1.165) is 50.0 Å². The molecule has 3 aromatic heterocycles. The van der Waals surface area contributed by atoms with Gasteiger partial charge in [0.25, 0.3) is 0 Å². The van der Waals surface area contributed by atoms with Gasteiger partial charge in [0.1, 0.15) is 5.58 Å². The van der Waals surface area contributed by atoms with Crippen LogP contribution < -0.4 is 0 Å². The second-order valence-electron chi connectivity index (χ2n) is 12.1. The van der Waals surface area contributed by atoms with Gasteiger partial charge in [-0.25, -0.2) is 0 Å². The molecule has 8 aromatic rings. The van der Waals surface area contributed by atoms with Crippen LogP contribution in [0.3, 0.4) is 0 Å². The molecule has 0 fully saturated rings. The minimum Gasteiger partial charge on any atom is -0.500 e. The van der Waals surface area contributed by atoms with Crippen molar-refractivity contribution in [1.82, 2.24) is 9.97 Å². The van der Waals surface area contributed by atoms with Crippen LogP contribution in [0.5, 0.6) is 0 Å². The van der Waals surface area contributed by atoms with Gasteiger partial charge in [-0.2, -0.15) is 0 Å². The van der Waals surface area contributed by atoms with E-state index in [1.54, 1.807) is 0 Å². The smallest absolute Gasteiger partial charge is 0.129 e. The van der Waals surface area contributed by atoms with Crippen LogP contribution in [-0.2, 0) is 20.1 Å². The second-order valence-corrected chi connectivity index (χ2v) is 12.1. The van der Waals surface area contributed by atoms with Gasteiger partial charge >= 0.3 is 0 Å². The van der Waals surface area contributed by atoms with Crippen LogP contribution in [0.4, 0.5) is 0 Å². The van der Waals surface area contributed by atoms with Crippen molar-refractivity contribution in [3.05, 3.63) is 143 Å². The average Bonchev–Trinajstić information content (AvgIpc) is 3.45. The third kappa shape index (κ3) is 5.64. The fourth-order valence-electron chi connectivity index (χ4n) is 5.91. The molecule has 46 heavy (non-hydrogen) atoms. The van der Waals surface area contributed by atoms with E-state index in [-0.39, 0.29) is 20.1 Å². The molecule has 0 spiro atoms. The molecular formula is C42H34IrN2O-2. The summed E-state index contributed by atoms with van der Waals surface area (Å²) in [6, 6.07) is 36.3. The largest absolute Gasteiger partial charge is 0.500 e. The van der Waals surface area contributed by atoms with Gasteiger partial charge in [0.05, 0.1) is 5.58 Å². The maximum absolute atomic E-state index is 6.64. The van der Waals surface area contributed by atoms with Crippen LogP contribution >= 0.6 is 0 Å². The zero-order valence-corrected chi connectivity index (χ0v) is 29.3. The van der Waals surface area contributed by atoms with Crippen molar-refractivity contribution in [2.75, 3.05) is 0 Å². The molecule has 0 aliphatic rings. The van der Waals surface area contributed by atoms with Gasteiger partial charge in [-0.05, 0) is 66.4 Å². The minimum absolute atomic E-state index is 0. The van der Waals surface area contributed by atoms with Gasteiger partial charge in [0.2, 0.25) is 0 Å². The molecule has 3 heterocycles. The number of rotatable bonds is 2. The van der Waals surface area contributed by atoms with Crippen molar-refractivity contribution in [1.29, 1.82) is 0 Å². The molecule has 0 N–H and O–H groups in total. The van der Waals surface area contributed by atoms with Crippen LogP contribution in [0.25, 0.3) is 66.0 Å². The van der Waals surface area contributed by atoms with Crippen molar-refractivity contribution < 1.29 is 24.5 Å². The van der Waals surface area contributed by atoms with Crippen molar-refractivity contribution in [3.63, 3.8) is 0 Å². The predicted molar refractivity (Wildman–Crippen MR) is 188 cm³/mol. The monoisotopic (exact) mass is 775 g/mol. The molecule has 0 bridgehead atoms. The predicted octanol–water partition coefficient (Wildman–Crippen LogP) is 11.2. The first kappa shape index (κ1) is 31.4. The summed E-state index contributed by atoms with van der Waals surface area (Å²) in [5.74, 6) is 0. The molecule has 0 saturated carbocycles. The number of fused-ring (bicyclic) bond motifs is 7. The normalized spacial score (nSPS) is 11.1. The third-order valence-electron chi connectivity index (χ3n) is 8.86. The number of aromatic nitrogens is 2.